The standard InChI is InChI=1S/C16H17N5O4S/c1-4-25-14(22)12-10(2)6-7-11(3)13(12)20-26(23,24)16-18-15-17-8-5-9-21(15)19-16/h5-9,20H,4H2,1-3H3. The van der Waals surface area contributed by atoms with Crippen LogP contribution in [0.25, 0.3) is 5.78 Å². The highest BCUT2D eigenvalue weighted by Gasteiger charge is 2.26. The van der Waals surface area contributed by atoms with E-state index >= 15 is 0 Å². The van der Waals surface area contributed by atoms with E-state index in [2.05, 4.69) is 19.8 Å². The Bertz CT molecular complexity index is 1060. The third-order valence-electron chi connectivity index (χ3n) is 3.68. The monoisotopic (exact) mass is 375 g/mol. The van der Waals surface area contributed by atoms with Gasteiger partial charge in [-0.25, -0.2) is 14.3 Å². The molecule has 2 aromatic heterocycles. The number of hydrogen-bond acceptors (Lipinski definition) is 7. The van der Waals surface area contributed by atoms with Gasteiger partial charge in [0.05, 0.1) is 17.9 Å². The van der Waals surface area contributed by atoms with Crippen molar-refractivity contribution >= 4 is 27.5 Å². The number of aryl methyl sites for hydroxylation is 2. The van der Waals surface area contributed by atoms with Gasteiger partial charge in [-0.2, -0.15) is 13.4 Å². The number of rotatable bonds is 5. The van der Waals surface area contributed by atoms with E-state index in [0.717, 1.165) is 0 Å². The van der Waals surface area contributed by atoms with Crippen LogP contribution in [0.3, 0.4) is 0 Å². The highest BCUT2D eigenvalue weighted by Crippen LogP contribution is 2.27. The second-order valence-corrected chi connectivity index (χ2v) is 7.11. The maximum absolute atomic E-state index is 12.7. The number of hydrogen-bond donors (Lipinski definition) is 1. The van der Waals surface area contributed by atoms with E-state index in [1.165, 1.54) is 16.9 Å². The number of nitrogens with one attached hydrogen (secondary N) is 1. The largest absolute Gasteiger partial charge is 0.462 e. The first-order valence-corrected chi connectivity index (χ1v) is 9.29. The Morgan fingerprint density at radius 1 is 1.27 bits per heavy atom. The van der Waals surface area contributed by atoms with Crippen LogP contribution in [0.2, 0.25) is 0 Å². The number of nitrogens with zero attached hydrogens (tertiary/aromatic N) is 4. The lowest BCUT2D eigenvalue weighted by Crippen LogP contribution is -2.19. The fraction of sp³-hybridized carbons (Fsp3) is 0.250. The minimum Gasteiger partial charge on any atom is -0.462 e. The lowest BCUT2D eigenvalue weighted by atomic mass is 10.0. The van der Waals surface area contributed by atoms with Gasteiger partial charge in [-0.05, 0) is 38.0 Å². The molecule has 0 saturated heterocycles. The molecule has 0 atom stereocenters. The van der Waals surface area contributed by atoms with Gasteiger partial charge < -0.3 is 4.74 Å². The molecule has 1 N–H and O–H groups in total. The Hall–Kier alpha value is -3.01. The maximum Gasteiger partial charge on any atom is 0.340 e. The van der Waals surface area contributed by atoms with Crippen LogP contribution in [0.5, 0.6) is 0 Å². The first kappa shape index (κ1) is 17.8. The van der Waals surface area contributed by atoms with Gasteiger partial charge in [0.15, 0.2) is 0 Å². The lowest BCUT2D eigenvalue weighted by Gasteiger charge is -2.15. The summed E-state index contributed by atoms with van der Waals surface area (Å²) in [5, 5.41) is 3.48. The van der Waals surface area contributed by atoms with Crippen molar-refractivity contribution in [2.24, 2.45) is 0 Å². The highest BCUT2D eigenvalue weighted by atomic mass is 32.2. The Labute approximate surface area is 150 Å². The first-order valence-electron chi connectivity index (χ1n) is 7.81. The molecule has 9 nitrogen and oxygen atoms in total. The third kappa shape index (κ3) is 3.23. The Balaban J connectivity index is 2.07. The number of fused-ring (bicyclic) bond motifs is 1. The van der Waals surface area contributed by atoms with E-state index in [4.69, 9.17) is 4.74 Å². The van der Waals surface area contributed by atoms with Crippen LogP contribution in [-0.4, -0.2) is 40.6 Å². The number of carbonyl (C=O) groups is 1. The molecule has 0 radical (unpaired) electrons. The van der Waals surface area contributed by atoms with Crippen molar-refractivity contribution in [1.29, 1.82) is 0 Å². The highest BCUT2D eigenvalue weighted by molar-refractivity contribution is 7.92. The van der Waals surface area contributed by atoms with Crippen LogP contribution in [0.4, 0.5) is 5.69 Å². The van der Waals surface area contributed by atoms with Crippen LogP contribution in [0, 0.1) is 13.8 Å². The number of carbonyl (C=O) groups excluding carboxylic acids is 1. The molecule has 0 aliphatic carbocycles. The smallest absolute Gasteiger partial charge is 0.340 e. The topological polar surface area (TPSA) is 116 Å². The van der Waals surface area contributed by atoms with Crippen LogP contribution in [0.15, 0.2) is 35.7 Å². The summed E-state index contributed by atoms with van der Waals surface area (Å²) >= 11 is 0. The van der Waals surface area contributed by atoms with Crippen LogP contribution >= 0.6 is 0 Å². The van der Waals surface area contributed by atoms with Gasteiger partial charge >= 0.3 is 5.97 Å². The minimum absolute atomic E-state index is 0.148. The van der Waals surface area contributed by atoms with E-state index in [0.29, 0.717) is 11.1 Å². The number of ether oxygens (including phenoxy) is 1. The van der Waals surface area contributed by atoms with Crippen molar-refractivity contribution in [3.8, 4) is 0 Å². The van der Waals surface area contributed by atoms with Gasteiger partial charge in [0.1, 0.15) is 0 Å². The Kier molecular flexibility index (Phi) is 4.60. The molecule has 3 rings (SSSR count). The zero-order chi connectivity index (χ0) is 18.9. The number of sulfonamides is 1. The molecule has 136 valence electrons. The quantitative estimate of drug-likeness (QED) is 0.675. The molecule has 2 heterocycles. The first-order chi connectivity index (χ1) is 12.3. The van der Waals surface area contributed by atoms with Crippen molar-refractivity contribution in [1.82, 2.24) is 19.6 Å². The van der Waals surface area contributed by atoms with E-state index in [-0.39, 0.29) is 23.6 Å². The molecule has 0 aliphatic rings. The molecule has 0 aliphatic heterocycles. The summed E-state index contributed by atoms with van der Waals surface area (Å²) in [5.41, 5.74) is 1.48. The second-order valence-electron chi connectivity index (χ2n) is 5.53. The van der Waals surface area contributed by atoms with Crippen LogP contribution in [0.1, 0.15) is 28.4 Å². The third-order valence-corrected chi connectivity index (χ3v) is 4.80. The predicted molar refractivity (Wildman–Crippen MR) is 93.5 cm³/mol. The molecule has 0 fully saturated rings. The van der Waals surface area contributed by atoms with Crippen LogP contribution in [-0.2, 0) is 14.8 Å². The molecular weight excluding hydrogens is 358 g/mol. The molecule has 10 heteroatoms. The normalized spacial score (nSPS) is 11.5. The van der Waals surface area contributed by atoms with Crippen molar-refractivity contribution in [3.63, 3.8) is 0 Å². The number of anilines is 1. The SMILES string of the molecule is CCOC(=O)c1c(C)ccc(C)c1NS(=O)(=O)c1nc2ncccn2n1. The predicted octanol–water partition coefficient (Wildman–Crippen LogP) is 1.72. The maximum atomic E-state index is 12.7. The summed E-state index contributed by atoms with van der Waals surface area (Å²) in [5.74, 6) is -0.449. The molecule has 26 heavy (non-hydrogen) atoms. The van der Waals surface area contributed by atoms with Crippen molar-refractivity contribution in [3.05, 3.63) is 47.3 Å². The number of aromatic nitrogens is 4. The molecule has 3 aromatic rings. The second kappa shape index (κ2) is 6.71. The van der Waals surface area contributed by atoms with Crippen molar-refractivity contribution in [2.75, 3.05) is 11.3 Å². The van der Waals surface area contributed by atoms with Gasteiger partial charge in [-0.15, -0.1) is 5.10 Å². The molecule has 0 amide bonds. The number of esters is 1. The lowest BCUT2D eigenvalue weighted by molar-refractivity contribution is 0.0526. The summed E-state index contributed by atoms with van der Waals surface area (Å²) in [6.45, 7) is 5.26. The van der Waals surface area contributed by atoms with E-state index in [9.17, 15) is 13.2 Å². The van der Waals surface area contributed by atoms with Gasteiger partial charge in [-0.1, -0.05) is 12.1 Å². The van der Waals surface area contributed by atoms with Gasteiger partial charge in [-0.3, -0.25) is 4.72 Å². The molecule has 0 saturated carbocycles. The Morgan fingerprint density at radius 2 is 2.00 bits per heavy atom. The summed E-state index contributed by atoms with van der Waals surface area (Å²) < 4.78 is 34.2. The van der Waals surface area contributed by atoms with Crippen molar-refractivity contribution in [2.45, 2.75) is 25.9 Å². The molecule has 1 aromatic carbocycles. The minimum atomic E-state index is -4.13. The van der Waals surface area contributed by atoms with E-state index in [1.807, 2.05) is 0 Å². The number of benzene rings is 1. The van der Waals surface area contributed by atoms with E-state index < -0.39 is 21.1 Å². The summed E-state index contributed by atoms with van der Waals surface area (Å²) in [4.78, 5) is 20.2. The molecule has 0 spiro atoms. The fourth-order valence-electron chi connectivity index (χ4n) is 2.42. The molecule has 0 unspecified atom stereocenters. The summed E-state index contributed by atoms with van der Waals surface area (Å²) in [6.07, 6.45) is 3.02. The summed E-state index contributed by atoms with van der Waals surface area (Å²) in [6, 6.07) is 5.05. The summed E-state index contributed by atoms with van der Waals surface area (Å²) in [7, 11) is -4.13. The molecular formula is C16H17N5O4S. The molecule has 0 bridgehead atoms. The van der Waals surface area contributed by atoms with Crippen LogP contribution < -0.4 is 4.72 Å². The zero-order valence-electron chi connectivity index (χ0n) is 14.4. The average Bonchev–Trinajstić information content (AvgIpc) is 3.03. The van der Waals surface area contributed by atoms with Gasteiger partial charge in [0.2, 0.25) is 0 Å². The fourth-order valence-corrected chi connectivity index (χ4v) is 3.44. The average molecular weight is 375 g/mol. The zero-order valence-corrected chi connectivity index (χ0v) is 15.2. The van der Waals surface area contributed by atoms with Gasteiger partial charge in [0, 0.05) is 12.4 Å². The van der Waals surface area contributed by atoms with Gasteiger partial charge in [0.25, 0.3) is 21.0 Å². The van der Waals surface area contributed by atoms with Crippen molar-refractivity contribution < 1.29 is 17.9 Å². The Morgan fingerprint density at radius 3 is 2.69 bits per heavy atom. The van der Waals surface area contributed by atoms with E-state index in [1.54, 1.807) is 39.0 Å².